The van der Waals surface area contributed by atoms with E-state index in [1.165, 1.54) is 11.1 Å². The van der Waals surface area contributed by atoms with Crippen molar-refractivity contribution in [1.29, 1.82) is 0 Å². The lowest BCUT2D eigenvalue weighted by molar-refractivity contribution is -0.115. The largest absolute Gasteiger partial charge is 0.384 e. The summed E-state index contributed by atoms with van der Waals surface area (Å²) in [5, 5.41) is 3.41. The van der Waals surface area contributed by atoms with Crippen LogP contribution >= 0.6 is 0 Å². The topological polar surface area (TPSA) is 29.1 Å². The molecule has 0 heterocycles. The van der Waals surface area contributed by atoms with Crippen molar-refractivity contribution in [3.05, 3.63) is 83.6 Å². The minimum atomic E-state index is 0.214. The zero-order chi connectivity index (χ0) is 14.5. The standard InChI is InChI=1S/C19H19NO/c21-19-12-17(16-9-5-2-6-10-16)11-18(13-19)20-14-15-7-3-1-4-8-15/h1-10,13,17,20H,11-12,14H2/t17-/m0/s1. The van der Waals surface area contributed by atoms with Crippen molar-refractivity contribution in [2.24, 2.45) is 0 Å². The highest BCUT2D eigenvalue weighted by atomic mass is 16.1. The Balaban J connectivity index is 1.67. The summed E-state index contributed by atoms with van der Waals surface area (Å²) in [7, 11) is 0. The van der Waals surface area contributed by atoms with E-state index in [9.17, 15) is 4.79 Å². The van der Waals surface area contributed by atoms with Gasteiger partial charge in [-0.25, -0.2) is 0 Å². The van der Waals surface area contributed by atoms with E-state index in [0.717, 1.165) is 18.7 Å². The van der Waals surface area contributed by atoms with Crippen LogP contribution in [0.25, 0.3) is 0 Å². The summed E-state index contributed by atoms with van der Waals surface area (Å²) in [4.78, 5) is 12.0. The average Bonchev–Trinajstić information content (AvgIpc) is 2.54. The van der Waals surface area contributed by atoms with Crippen LogP contribution in [0.2, 0.25) is 0 Å². The molecule has 2 aromatic rings. The molecule has 3 rings (SSSR count). The molecule has 2 heteroatoms. The van der Waals surface area contributed by atoms with Gasteiger partial charge in [0.05, 0.1) is 0 Å². The molecule has 2 nitrogen and oxygen atoms in total. The van der Waals surface area contributed by atoms with Gasteiger partial charge in [0.1, 0.15) is 0 Å². The lowest BCUT2D eigenvalue weighted by Crippen LogP contribution is -2.21. The summed E-state index contributed by atoms with van der Waals surface area (Å²) in [6.07, 6.45) is 3.28. The van der Waals surface area contributed by atoms with E-state index >= 15 is 0 Å². The summed E-state index contributed by atoms with van der Waals surface area (Å²) in [5.74, 6) is 0.507. The smallest absolute Gasteiger partial charge is 0.158 e. The molecule has 0 unspecified atom stereocenters. The number of hydrogen-bond acceptors (Lipinski definition) is 2. The molecule has 0 radical (unpaired) electrons. The number of benzene rings is 2. The van der Waals surface area contributed by atoms with Crippen molar-refractivity contribution in [2.75, 3.05) is 0 Å². The molecule has 1 N–H and O–H groups in total. The van der Waals surface area contributed by atoms with Crippen LogP contribution < -0.4 is 5.32 Å². The molecule has 1 aliphatic rings. The maximum absolute atomic E-state index is 12.0. The van der Waals surface area contributed by atoms with Crippen LogP contribution in [0.1, 0.15) is 29.9 Å². The summed E-state index contributed by atoms with van der Waals surface area (Å²) >= 11 is 0. The number of ketones is 1. The zero-order valence-electron chi connectivity index (χ0n) is 12.0. The quantitative estimate of drug-likeness (QED) is 0.920. The van der Waals surface area contributed by atoms with E-state index in [2.05, 4.69) is 29.6 Å². The monoisotopic (exact) mass is 277 g/mol. The van der Waals surface area contributed by atoms with Gasteiger partial charge in [0.25, 0.3) is 0 Å². The second kappa shape index (κ2) is 6.40. The number of hydrogen-bond donors (Lipinski definition) is 1. The number of carbonyl (C=O) groups excluding carboxylic acids is 1. The Bertz CT molecular complexity index is 631. The van der Waals surface area contributed by atoms with Gasteiger partial charge >= 0.3 is 0 Å². The number of rotatable bonds is 4. The van der Waals surface area contributed by atoms with Crippen LogP contribution in [0.5, 0.6) is 0 Å². The van der Waals surface area contributed by atoms with Crippen molar-refractivity contribution < 1.29 is 4.79 Å². The second-order valence-corrected chi connectivity index (χ2v) is 5.49. The van der Waals surface area contributed by atoms with E-state index in [1.807, 2.05) is 36.4 Å². The van der Waals surface area contributed by atoms with E-state index in [1.54, 1.807) is 6.08 Å². The Morgan fingerprint density at radius 1 is 0.905 bits per heavy atom. The van der Waals surface area contributed by atoms with Gasteiger partial charge in [-0.2, -0.15) is 0 Å². The fourth-order valence-electron chi connectivity index (χ4n) is 2.79. The van der Waals surface area contributed by atoms with Gasteiger partial charge in [-0.15, -0.1) is 0 Å². The Kier molecular flexibility index (Phi) is 4.15. The van der Waals surface area contributed by atoms with Crippen molar-refractivity contribution in [1.82, 2.24) is 5.32 Å². The molecule has 0 saturated carbocycles. The summed E-state index contributed by atoms with van der Waals surface area (Å²) in [6.45, 7) is 0.765. The molecule has 106 valence electrons. The molecular weight excluding hydrogens is 258 g/mol. The van der Waals surface area contributed by atoms with Crippen LogP contribution in [0.15, 0.2) is 72.4 Å². The third-order valence-corrected chi connectivity index (χ3v) is 3.88. The van der Waals surface area contributed by atoms with Gasteiger partial charge in [0.2, 0.25) is 0 Å². The van der Waals surface area contributed by atoms with E-state index in [4.69, 9.17) is 0 Å². The molecular formula is C19H19NO. The fourth-order valence-corrected chi connectivity index (χ4v) is 2.79. The maximum atomic E-state index is 12.0. The first kappa shape index (κ1) is 13.6. The molecule has 0 spiro atoms. The second-order valence-electron chi connectivity index (χ2n) is 5.49. The summed E-state index contributed by atoms with van der Waals surface area (Å²) in [5.41, 5.74) is 3.52. The normalized spacial score (nSPS) is 18.2. The molecule has 1 aliphatic carbocycles. The van der Waals surface area contributed by atoms with Crippen LogP contribution in [-0.2, 0) is 11.3 Å². The van der Waals surface area contributed by atoms with Gasteiger partial charge in [0, 0.05) is 24.7 Å². The zero-order valence-corrected chi connectivity index (χ0v) is 12.0. The highest BCUT2D eigenvalue weighted by Crippen LogP contribution is 2.30. The van der Waals surface area contributed by atoms with Crippen LogP contribution in [0.3, 0.4) is 0 Å². The fraction of sp³-hybridized carbons (Fsp3) is 0.211. The first-order chi connectivity index (χ1) is 10.3. The van der Waals surface area contributed by atoms with E-state index < -0.39 is 0 Å². The van der Waals surface area contributed by atoms with Gasteiger partial charge < -0.3 is 5.32 Å². The molecule has 0 aliphatic heterocycles. The third kappa shape index (κ3) is 3.60. The highest BCUT2D eigenvalue weighted by molar-refractivity contribution is 5.91. The first-order valence-electron chi connectivity index (χ1n) is 7.37. The van der Waals surface area contributed by atoms with Gasteiger partial charge in [-0.1, -0.05) is 60.7 Å². The summed E-state index contributed by atoms with van der Waals surface area (Å²) < 4.78 is 0. The summed E-state index contributed by atoms with van der Waals surface area (Å²) in [6, 6.07) is 20.6. The predicted molar refractivity (Wildman–Crippen MR) is 84.8 cm³/mol. The Labute approximate surface area is 125 Å². The molecule has 0 bridgehead atoms. The SMILES string of the molecule is O=C1C=C(NCc2ccccc2)C[C@H](c2ccccc2)C1. The number of nitrogens with one attached hydrogen (secondary N) is 1. The average molecular weight is 277 g/mol. The van der Waals surface area contributed by atoms with Gasteiger partial charge in [0.15, 0.2) is 5.78 Å². The Hall–Kier alpha value is -2.35. The first-order valence-corrected chi connectivity index (χ1v) is 7.37. The lowest BCUT2D eigenvalue weighted by Gasteiger charge is -2.23. The van der Waals surface area contributed by atoms with Crippen LogP contribution in [0.4, 0.5) is 0 Å². The van der Waals surface area contributed by atoms with Crippen LogP contribution in [0, 0.1) is 0 Å². The highest BCUT2D eigenvalue weighted by Gasteiger charge is 2.21. The predicted octanol–water partition coefficient (Wildman–Crippen LogP) is 3.81. The van der Waals surface area contributed by atoms with Crippen molar-refractivity contribution in [3.8, 4) is 0 Å². The Morgan fingerprint density at radius 2 is 1.57 bits per heavy atom. The molecule has 1 atom stereocenters. The number of allylic oxidation sites excluding steroid dienone is 2. The van der Waals surface area contributed by atoms with Gasteiger partial charge in [-0.3, -0.25) is 4.79 Å². The minimum absolute atomic E-state index is 0.214. The third-order valence-electron chi connectivity index (χ3n) is 3.88. The van der Waals surface area contributed by atoms with E-state index in [0.29, 0.717) is 12.3 Å². The lowest BCUT2D eigenvalue weighted by atomic mass is 9.85. The minimum Gasteiger partial charge on any atom is -0.384 e. The van der Waals surface area contributed by atoms with E-state index in [-0.39, 0.29) is 5.78 Å². The molecule has 21 heavy (non-hydrogen) atoms. The number of carbonyl (C=O) groups is 1. The van der Waals surface area contributed by atoms with Crippen molar-refractivity contribution >= 4 is 5.78 Å². The molecule has 0 amide bonds. The maximum Gasteiger partial charge on any atom is 0.158 e. The molecule has 0 saturated heterocycles. The van der Waals surface area contributed by atoms with Crippen molar-refractivity contribution in [3.63, 3.8) is 0 Å². The molecule has 0 fully saturated rings. The molecule has 0 aromatic heterocycles. The molecule has 2 aromatic carbocycles. The van der Waals surface area contributed by atoms with Crippen molar-refractivity contribution in [2.45, 2.75) is 25.3 Å². The van der Waals surface area contributed by atoms with Crippen LogP contribution in [-0.4, -0.2) is 5.78 Å². The van der Waals surface area contributed by atoms with Gasteiger partial charge in [-0.05, 0) is 23.5 Å². The Morgan fingerprint density at radius 3 is 2.29 bits per heavy atom.